The van der Waals surface area contributed by atoms with Crippen molar-refractivity contribution < 1.29 is 23.1 Å². The number of carbonyl (C=O) groups excluding carboxylic acids is 2. The van der Waals surface area contributed by atoms with Gasteiger partial charge in [-0.3, -0.25) is 9.59 Å². The Balaban J connectivity index is 1.24. The summed E-state index contributed by atoms with van der Waals surface area (Å²) in [5.74, 6) is -1.59. The largest absolute Gasteiger partial charge is 0.488 e. The Labute approximate surface area is 201 Å². The van der Waals surface area contributed by atoms with Crippen LogP contribution in [0.15, 0.2) is 35.9 Å². The first-order chi connectivity index (χ1) is 16.3. The first-order valence-electron chi connectivity index (χ1n) is 11.4. The first-order valence-corrected chi connectivity index (χ1v) is 11.8. The van der Waals surface area contributed by atoms with E-state index in [1.807, 2.05) is 11.0 Å². The predicted octanol–water partition coefficient (Wildman–Crippen LogP) is 4.86. The smallest absolute Gasteiger partial charge is 0.259 e. The van der Waals surface area contributed by atoms with Gasteiger partial charge < -0.3 is 14.5 Å². The van der Waals surface area contributed by atoms with E-state index in [2.05, 4.69) is 0 Å². The maximum absolute atomic E-state index is 14.4. The van der Waals surface area contributed by atoms with Crippen LogP contribution in [-0.2, 0) is 4.79 Å². The summed E-state index contributed by atoms with van der Waals surface area (Å²) in [6, 6.07) is 7.79. The van der Waals surface area contributed by atoms with Gasteiger partial charge in [-0.05, 0) is 67.5 Å². The number of nitrogens with zero attached hydrogens (tertiary/aromatic N) is 2. The van der Waals surface area contributed by atoms with Gasteiger partial charge in [-0.25, -0.2) is 8.78 Å². The monoisotopic (exact) mass is 486 g/mol. The van der Waals surface area contributed by atoms with Crippen LogP contribution in [0, 0.1) is 24.0 Å². The number of benzene rings is 2. The number of fused-ring (bicyclic) bond motifs is 1. The minimum absolute atomic E-state index is 0.0510. The van der Waals surface area contributed by atoms with Crippen LogP contribution in [0.3, 0.4) is 0 Å². The molecule has 3 aliphatic rings. The van der Waals surface area contributed by atoms with Crippen LogP contribution < -0.4 is 4.74 Å². The topological polar surface area (TPSA) is 49.9 Å². The molecule has 3 aliphatic heterocycles. The van der Waals surface area contributed by atoms with E-state index < -0.39 is 23.1 Å². The van der Waals surface area contributed by atoms with Gasteiger partial charge in [0.1, 0.15) is 29.6 Å². The zero-order chi connectivity index (χ0) is 24.0. The molecule has 2 amide bonds. The third-order valence-electron chi connectivity index (χ3n) is 7.29. The molecule has 2 saturated heterocycles. The summed E-state index contributed by atoms with van der Waals surface area (Å²) in [6.45, 7) is 3.78. The number of hydrogen-bond donors (Lipinski definition) is 0. The quantitative estimate of drug-likeness (QED) is 0.609. The van der Waals surface area contributed by atoms with Crippen molar-refractivity contribution in [1.29, 1.82) is 0 Å². The van der Waals surface area contributed by atoms with Crippen molar-refractivity contribution >= 4 is 29.5 Å². The van der Waals surface area contributed by atoms with Crippen molar-refractivity contribution in [3.05, 3.63) is 69.3 Å². The standard InChI is InChI=1S/C26H25ClF2N2O3/c1-16-2-4-20(28)22(23(16)29)25(33)30-9-6-26(7-10-30)8-11-31(15-26)24(32)18-12-17-13-19(27)3-5-21(17)34-14-18/h2-5,12-13H,6-11,14-15H2,1H3. The number of ether oxygens (including phenoxy) is 1. The molecule has 34 heavy (non-hydrogen) atoms. The molecule has 3 heterocycles. The van der Waals surface area contributed by atoms with E-state index in [1.165, 1.54) is 17.9 Å². The molecule has 0 N–H and O–H groups in total. The maximum Gasteiger partial charge on any atom is 0.259 e. The lowest BCUT2D eigenvalue weighted by Crippen LogP contribution is -2.45. The summed E-state index contributed by atoms with van der Waals surface area (Å²) in [5, 5.41) is 0.583. The van der Waals surface area contributed by atoms with Gasteiger partial charge in [0.25, 0.3) is 11.8 Å². The van der Waals surface area contributed by atoms with E-state index in [4.69, 9.17) is 16.3 Å². The first kappa shape index (κ1) is 22.8. The van der Waals surface area contributed by atoms with Crippen LogP contribution in [0.4, 0.5) is 8.78 Å². The summed E-state index contributed by atoms with van der Waals surface area (Å²) >= 11 is 6.08. The van der Waals surface area contributed by atoms with Crippen LogP contribution in [0.1, 0.15) is 40.7 Å². The fourth-order valence-electron chi connectivity index (χ4n) is 5.19. The minimum Gasteiger partial charge on any atom is -0.488 e. The van der Waals surface area contributed by atoms with E-state index in [-0.39, 0.29) is 23.5 Å². The molecule has 0 unspecified atom stereocenters. The molecule has 8 heteroatoms. The van der Waals surface area contributed by atoms with Gasteiger partial charge in [-0.2, -0.15) is 0 Å². The highest BCUT2D eigenvalue weighted by atomic mass is 35.5. The van der Waals surface area contributed by atoms with Crippen LogP contribution in [0.2, 0.25) is 5.02 Å². The molecule has 0 aromatic heterocycles. The molecule has 2 aromatic rings. The number of piperidine rings is 1. The van der Waals surface area contributed by atoms with Gasteiger partial charge in [-0.15, -0.1) is 0 Å². The second-order valence-electron chi connectivity index (χ2n) is 9.46. The highest BCUT2D eigenvalue weighted by Crippen LogP contribution is 2.41. The number of aryl methyl sites for hydroxylation is 1. The zero-order valence-electron chi connectivity index (χ0n) is 18.9. The third-order valence-corrected chi connectivity index (χ3v) is 7.53. The Bertz CT molecular complexity index is 1200. The van der Waals surface area contributed by atoms with Crippen LogP contribution in [0.5, 0.6) is 5.75 Å². The van der Waals surface area contributed by atoms with Gasteiger partial charge in [0, 0.05) is 36.8 Å². The molecule has 0 radical (unpaired) electrons. The van der Waals surface area contributed by atoms with E-state index in [0.717, 1.165) is 18.1 Å². The van der Waals surface area contributed by atoms with Crippen molar-refractivity contribution in [2.75, 3.05) is 32.8 Å². The maximum atomic E-state index is 14.4. The average molecular weight is 487 g/mol. The molecular weight excluding hydrogens is 462 g/mol. The fourth-order valence-corrected chi connectivity index (χ4v) is 5.37. The average Bonchev–Trinajstić information content (AvgIpc) is 3.24. The highest BCUT2D eigenvalue weighted by molar-refractivity contribution is 6.30. The second-order valence-corrected chi connectivity index (χ2v) is 9.90. The third kappa shape index (κ3) is 4.06. The Morgan fingerprint density at radius 2 is 1.71 bits per heavy atom. The lowest BCUT2D eigenvalue weighted by Gasteiger charge is -2.39. The Kier molecular flexibility index (Phi) is 5.84. The molecule has 0 atom stereocenters. The Morgan fingerprint density at radius 3 is 2.44 bits per heavy atom. The van der Waals surface area contributed by atoms with Crippen LogP contribution >= 0.6 is 11.6 Å². The van der Waals surface area contributed by atoms with Gasteiger partial charge >= 0.3 is 0 Å². The molecule has 0 bridgehead atoms. The molecule has 178 valence electrons. The molecule has 2 aromatic carbocycles. The van der Waals surface area contributed by atoms with Crippen LogP contribution in [0.25, 0.3) is 6.08 Å². The van der Waals surface area contributed by atoms with Crippen LogP contribution in [-0.4, -0.2) is 54.4 Å². The Morgan fingerprint density at radius 1 is 1.00 bits per heavy atom. The molecular formula is C26H25ClF2N2O3. The minimum atomic E-state index is -0.836. The van der Waals surface area contributed by atoms with Gasteiger partial charge in [0.2, 0.25) is 0 Å². The van der Waals surface area contributed by atoms with Gasteiger partial charge in [-0.1, -0.05) is 17.7 Å². The second kappa shape index (κ2) is 8.69. The van der Waals surface area contributed by atoms with Crippen molar-refractivity contribution in [1.82, 2.24) is 9.80 Å². The summed E-state index contributed by atoms with van der Waals surface area (Å²) < 4.78 is 34.4. The molecule has 5 rings (SSSR count). The summed E-state index contributed by atoms with van der Waals surface area (Å²) in [6.07, 6.45) is 4.05. The molecule has 1 spiro atoms. The zero-order valence-corrected chi connectivity index (χ0v) is 19.6. The number of hydrogen-bond acceptors (Lipinski definition) is 3. The molecule has 0 aliphatic carbocycles. The number of amides is 2. The Hall–Kier alpha value is -2.93. The van der Waals surface area contributed by atoms with E-state index in [1.54, 1.807) is 18.2 Å². The lowest BCUT2D eigenvalue weighted by atomic mass is 9.77. The summed E-state index contributed by atoms with van der Waals surface area (Å²) in [7, 11) is 0. The predicted molar refractivity (Wildman–Crippen MR) is 125 cm³/mol. The molecule has 2 fully saturated rings. The highest BCUT2D eigenvalue weighted by Gasteiger charge is 2.43. The molecule has 0 saturated carbocycles. The lowest BCUT2D eigenvalue weighted by molar-refractivity contribution is -0.127. The van der Waals surface area contributed by atoms with E-state index in [0.29, 0.717) is 55.4 Å². The van der Waals surface area contributed by atoms with E-state index >= 15 is 0 Å². The number of halogens is 3. The molecule has 5 nitrogen and oxygen atoms in total. The van der Waals surface area contributed by atoms with Crippen molar-refractivity contribution in [2.45, 2.75) is 26.2 Å². The van der Waals surface area contributed by atoms with Gasteiger partial charge in [0.05, 0.1) is 5.57 Å². The number of likely N-dealkylation sites (tertiary alicyclic amines) is 2. The van der Waals surface area contributed by atoms with Crippen molar-refractivity contribution in [3.63, 3.8) is 0 Å². The fraction of sp³-hybridized carbons (Fsp3) is 0.385. The normalized spacial score (nSPS) is 19.0. The SMILES string of the molecule is Cc1ccc(F)c(C(=O)N2CCC3(CCN(C(=O)C4=Cc5cc(Cl)ccc5OC4)C3)CC2)c1F. The number of carbonyl (C=O) groups is 2. The van der Waals surface area contributed by atoms with Gasteiger partial charge in [0.15, 0.2) is 0 Å². The van der Waals surface area contributed by atoms with Crippen molar-refractivity contribution in [3.8, 4) is 5.75 Å². The summed E-state index contributed by atoms with van der Waals surface area (Å²) in [4.78, 5) is 29.4. The number of rotatable bonds is 2. The van der Waals surface area contributed by atoms with E-state index in [9.17, 15) is 18.4 Å². The van der Waals surface area contributed by atoms with Crippen molar-refractivity contribution in [2.24, 2.45) is 5.41 Å². The summed E-state index contributed by atoms with van der Waals surface area (Å²) in [5.41, 5.74) is 1.05.